The van der Waals surface area contributed by atoms with E-state index in [4.69, 9.17) is 24.4 Å². The fourth-order valence-corrected chi connectivity index (χ4v) is 2.81. The Labute approximate surface area is 177 Å². The molecule has 172 valence electrons. The van der Waals surface area contributed by atoms with Gasteiger partial charge in [0.05, 0.1) is 26.4 Å². The lowest BCUT2D eigenvalue weighted by atomic mass is 9.99. The van der Waals surface area contributed by atoms with Crippen molar-refractivity contribution in [1.82, 2.24) is 0 Å². The molecule has 1 aliphatic rings. The van der Waals surface area contributed by atoms with E-state index in [9.17, 15) is 30.3 Å². The van der Waals surface area contributed by atoms with Crippen LogP contribution >= 0.6 is 0 Å². The highest BCUT2D eigenvalue weighted by Crippen LogP contribution is 2.26. The van der Waals surface area contributed by atoms with Gasteiger partial charge in [0, 0.05) is 6.08 Å². The molecule has 31 heavy (non-hydrogen) atoms. The second-order valence-corrected chi connectivity index (χ2v) is 6.70. The van der Waals surface area contributed by atoms with Crippen LogP contribution in [0.4, 0.5) is 0 Å². The normalized spacial score (nSPS) is 26.9. The van der Waals surface area contributed by atoms with Crippen LogP contribution in [0.25, 0.3) is 6.08 Å². The number of hydrogen-bond acceptors (Lipinski definition) is 11. The molecule has 2 rings (SSSR count). The Morgan fingerprint density at radius 1 is 1.10 bits per heavy atom. The van der Waals surface area contributed by atoms with Gasteiger partial charge in [-0.1, -0.05) is 12.1 Å². The number of carbonyl (C=O) groups excluding carboxylic acids is 1. The number of aromatic hydroxyl groups is 2. The Morgan fingerprint density at radius 2 is 1.84 bits per heavy atom. The quantitative estimate of drug-likeness (QED) is 0.101. The second kappa shape index (κ2) is 11.8. The number of phenols is 2. The van der Waals surface area contributed by atoms with Crippen molar-refractivity contribution in [2.75, 3.05) is 26.4 Å². The van der Waals surface area contributed by atoms with Gasteiger partial charge < -0.3 is 50.0 Å². The van der Waals surface area contributed by atoms with E-state index in [1.807, 2.05) is 0 Å². The maximum absolute atomic E-state index is 12.1. The van der Waals surface area contributed by atoms with Gasteiger partial charge in [0.15, 0.2) is 23.9 Å². The summed E-state index contributed by atoms with van der Waals surface area (Å²) in [4.78, 5) is 12.1. The Hall–Kier alpha value is -2.51. The number of esters is 1. The molecule has 1 aromatic carbocycles. The molecule has 1 aromatic rings. The van der Waals surface area contributed by atoms with Crippen molar-refractivity contribution in [3.63, 3.8) is 0 Å². The molecule has 7 N–H and O–H groups in total. The lowest BCUT2D eigenvalue weighted by Gasteiger charge is -2.41. The van der Waals surface area contributed by atoms with Gasteiger partial charge in [-0.2, -0.15) is 0 Å². The molecule has 5 atom stereocenters. The predicted octanol–water partition coefficient (Wildman–Crippen LogP) is -1.61. The molecule has 0 aliphatic carbocycles. The maximum Gasteiger partial charge on any atom is 0.331 e. The van der Waals surface area contributed by atoms with Crippen LogP contribution in [0, 0.1) is 0 Å². The van der Waals surface area contributed by atoms with Crippen LogP contribution in [0.5, 0.6) is 11.5 Å². The van der Waals surface area contributed by atoms with Gasteiger partial charge in [-0.05, 0) is 29.3 Å². The fourth-order valence-electron chi connectivity index (χ4n) is 2.81. The molecular formula is C20H26O11. The zero-order valence-corrected chi connectivity index (χ0v) is 16.4. The van der Waals surface area contributed by atoms with Crippen LogP contribution in [0.1, 0.15) is 5.56 Å². The zero-order chi connectivity index (χ0) is 23.0. The van der Waals surface area contributed by atoms with Crippen molar-refractivity contribution >= 4 is 12.0 Å². The second-order valence-electron chi connectivity index (χ2n) is 6.70. The summed E-state index contributed by atoms with van der Waals surface area (Å²) in [6.45, 7) is -1.60. The molecule has 0 aromatic heterocycles. The Morgan fingerprint density at radius 3 is 2.45 bits per heavy atom. The van der Waals surface area contributed by atoms with E-state index in [1.165, 1.54) is 30.4 Å². The third kappa shape index (κ3) is 6.74. The smallest absolute Gasteiger partial charge is 0.331 e. The highest BCUT2D eigenvalue weighted by Gasteiger charge is 2.46. The first-order chi connectivity index (χ1) is 14.8. The molecule has 1 fully saturated rings. The molecule has 0 spiro atoms. The third-order valence-corrected chi connectivity index (χ3v) is 4.50. The van der Waals surface area contributed by atoms with E-state index < -0.39 is 49.9 Å². The fraction of sp³-hybridized carbons (Fsp3) is 0.450. The largest absolute Gasteiger partial charge is 0.504 e. The molecule has 0 amide bonds. The van der Waals surface area contributed by atoms with E-state index in [0.29, 0.717) is 11.1 Å². The van der Waals surface area contributed by atoms with Crippen molar-refractivity contribution in [3.8, 4) is 11.5 Å². The lowest BCUT2D eigenvalue weighted by Crippen LogP contribution is -2.60. The van der Waals surface area contributed by atoms with Crippen LogP contribution in [-0.2, 0) is 19.0 Å². The minimum atomic E-state index is -1.65. The minimum Gasteiger partial charge on any atom is -0.504 e. The summed E-state index contributed by atoms with van der Waals surface area (Å²) >= 11 is 0. The molecule has 11 nitrogen and oxygen atoms in total. The predicted molar refractivity (Wildman–Crippen MR) is 105 cm³/mol. The maximum atomic E-state index is 12.1. The van der Waals surface area contributed by atoms with Crippen molar-refractivity contribution in [2.45, 2.75) is 30.7 Å². The van der Waals surface area contributed by atoms with Gasteiger partial charge in [0.1, 0.15) is 18.3 Å². The van der Waals surface area contributed by atoms with E-state index in [1.54, 1.807) is 0 Å². The van der Waals surface area contributed by atoms with Gasteiger partial charge in [-0.15, -0.1) is 0 Å². The average molecular weight is 442 g/mol. The number of hydrogen-bond donors (Lipinski definition) is 7. The van der Waals surface area contributed by atoms with Crippen LogP contribution in [0.3, 0.4) is 0 Å². The topological polar surface area (TPSA) is 186 Å². The van der Waals surface area contributed by atoms with Gasteiger partial charge in [-0.25, -0.2) is 4.79 Å². The van der Waals surface area contributed by atoms with Crippen molar-refractivity contribution in [1.29, 1.82) is 0 Å². The zero-order valence-electron chi connectivity index (χ0n) is 16.4. The van der Waals surface area contributed by atoms with Crippen molar-refractivity contribution in [3.05, 3.63) is 41.5 Å². The molecule has 11 heteroatoms. The summed E-state index contributed by atoms with van der Waals surface area (Å²) in [5.74, 6) is -1.62. The summed E-state index contributed by atoms with van der Waals surface area (Å²) in [7, 11) is 0. The SMILES string of the molecule is O=C(/C=C/c1ccc(O)c(O)c1)O[C@H]1[C@@H](O)[C@@H](O)[C@H](OC/C(=C/CO)CO)O[C@@H]1CO. The van der Waals surface area contributed by atoms with Crippen LogP contribution in [0.2, 0.25) is 0 Å². The first-order valence-corrected chi connectivity index (χ1v) is 9.35. The van der Waals surface area contributed by atoms with Gasteiger partial charge >= 0.3 is 5.97 Å². The molecule has 1 aliphatic heterocycles. The van der Waals surface area contributed by atoms with Crippen LogP contribution in [0.15, 0.2) is 35.9 Å². The van der Waals surface area contributed by atoms with Gasteiger partial charge in [0.25, 0.3) is 0 Å². The number of phenolic OH excluding ortho intramolecular Hbond substituents is 2. The third-order valence-electron chi connectivity index (χ3n) is 4.50. The number of carbonyl (C=O) groups is 1. The molecule has 1 heterocycles. The summed E-state index contributed by atoms with van der Waals surface area (Å²) in [5.41, 5.74) is 0.697. The molecule has 0 bridgehead atoms. The van der Waals surface area contributed by atoms with Crippen LogP contribution < -0.4 is 0 Å². The van der Waals surface area contributed by atoms with Gasteiger partial charge in [0.2, 0.25) is 0 Å². The number of rotatable bonds is 9. The first kappa shape index (κ1) is 24.8. The van der Waals surface area contributed by atoms with E-state index in [0.717, 1.165) is 6.08 Å². The van der Waals surface area contributed by atoms with E-state index in [-0.39, 0.29) is 24.7 Å². The van der Waals surface area contributed by atoms with Gasteiger partial charge in [-0.3, -0.25) is 0 Å². The molecule has 0 saturated carbocycles. The number of aliphatic hydroxyl groups excluding tert-OH is 5. The average Bonchev–Trinajstić information content (AvgIpc) is 2.76. The summed E-state index contributed by atoms with van der Waals surface area (Å²) in [5, 5.41) is 66.9. The standard InChI is InChI=1S/C20H26O11/c21-6-5-12(8-22)10-29-20-18(28)17(27)19(15(9-23)30-20)31-16(26)4-2-11-1-3-13(24)14(25)7-11/h1-5,7,15,17-25,27-28H,6,8-10H2/b4-2+,12-5+/t15-,17+,18-,19-,20-/m1/s1. The van der Waals surface area contributed by atoms with Crippen LogP contribution in [-0.4, -0.2) is 98.8 Å². The van der Waals surface area contributed by atoms with E-state index >= 15 is 0 Å². The Balaban J connectivity index is 2.01. The highest BCUT2D eigenvalue weighted by atomic mass is 16.7. The number of benzene rings is 1. The van der Waals surface area contributed by atoms with E-state index in [2.05, 4.69) is 0 Å². The van der Waals surface area contributed by atoms with Crippen molar-refractivity contribution in [2.24, 2.45) is 0 Å². The summed E-state index contributed by atoms with van der Waals surface area (Å²) < 4.78 is 15.8. The molecular weight excluding hydrogens is 416 g/mol. The molecule has 0 radical (unpaired) electrons. The lowest BCUT2D eigenvalue weighted by molar-refractivity contribution is -0.301. The Bertz CT molecular complexity index is 789. The number of aliphatic hydroxyl groups is 5. The minimum absolute atomic E-state index is 0.212. The molecule has 1 saturated heterocycles. The van der Waals surface area contributed by atoms with Crippen molar-refractivity contribution < 1.29 is 54.8 Å². The first-order valence-electron chi connectivity index (χ1n) is 9.35. The summed E-state index contributed by atoms with van der Waals surface area (Å²) in [6, 6.07) is 3.88. The number of ether oxygens (including phenoxy) is 3. The molecule has 0 unspecified atom stereocenters. The Kier molecular flexibility index (Phi) is 9.40. The highest BCUT2D eigenvalue weighted by molar-refractivity contribution is 5.87. The monoisotopic (exact) mass is 442 g/mol. The summed E-state index contributed by atoms with van der Waals surface area (Å²) in [6.07, 6.45) is -3.69.